The Bertz CT molecular complexity index is 2060. The minimum Gasteiger partial charge on any atom is -0.491 e. The summed E-state index contributed by atoms with van der Waals surface area (Å²) in [5.41, 5.74) is 3.39. The molecule has 0 unspecified atom stereocenters. The highest BCUT2D eigenvalue weighted by Gasteiger charge is 2.11. The number of carbonyl (C=O) groups is 2. The summed E-state index contributed by atoms with van der Waals surface area (Å²) in [5.74, 6) is 1.01. The van der Waals surface area contributed by atoms with Crippen LogP contribution in [0.1, 0.15) is 20.7 Å². The summed E-state index contributed by atoms with van der Waals surface area (Å²) in [7, 11) is 0. The zero-order valence-corrected chi connectivity index (χ0v) is 31.9. The number of carbonyl (C=O) groups excluding carboxylic acids is 2. The maximum atomic E-state index is 12.6. The molecule has 0 spiro atoms. The van der Waals surface area contributed by atoms with Gasteiger partial charge in [-0.3, -0.25) is 9.97 Å². The van der Waals surface area contributed by atoms with Gasteiger partial charge in [-0.2, -0.15) is 20.5 Å². The third kappa shape index (κ3) is 14.7. The summed E-state index contributed by atoms with van der Waals surface area (Å²) in [6.07, 6.45) is 6.56. The molecule has 0 N–H and O–H groups in total. The van der Waals surface area contributed by atoms with Crippen LogP contribution in [-0.4, -0.2) is 74.8 Å². The first-order valence-electron chi connectivity index (χ1n) is 18.5. The van der Waals surface area contributed by atoms with Crippen molar-refractivity contribution in [3.63, 3.8) is 0 Å². The average molecular weight is 797 g/mol. The van der Waals surface area contributed by atoms with Gasteiger partial charge in [0.15, 0.2) is 0 Å². The van der Waals surface area contributed by atoms with E-state index in [1.807, 2.05) is 0 Å². The van der Waals surface area contributed by atoms with E-state index in [-0.39, 0.29) is 0 Å². The molecule has 0 aliphatic rings. The number of hydrogen-bond donors (Lipinski definition) is 0. The van der Waals surface area contributed by atoms with Crippen molar-refractivity contribution in [1.29, 1.82) is 0 Å². The highest BCUT2D eigenvalue weighted by Crippen LogP contribution is 2.24. The standard InChI is InChI=1S/C44H40N6O9/c51-43(58-41-13-5-35(6-14-41)47-49-37-17-21-45-22-18-37)33-1-9-39(10-2-33)56-31-29-54-27-25-53-26-28-55-30-32-57-40-11-3-34(4-12-40)44(52)59-42-15-7-36(8-16-42)48-50-38-19-23-46-24-20-38/h1-24H,25-32H2. The van der Waals surface area contributed by atoms with Crippen LogP contribution in [0.5, 0.6) is 23.0 Å². The van der Waals surface area contributed by atoms with Gasteiger partial charge in [-0.25, -0.2) is 9.59 Å². The van der Waals surface area contributed by atoms with Crippen LogP contribution in [0.25, 0.3) is 0 Å². The monoisotopic (exact) mass is 796 g/mol. The number of benzene rings is 4. The molecule has 15 heteroatoms. The van der Waals surface area contributed by atoms with Crippen molar-refractivity contribution >= 4 is 34.7 Å². The van der Waals surface area contributed by atoms with E-state index in [0.717, 1.165) is 0 Å². The second-order valence-electron chi connectivity index (χ2n) is 12.2. The van der Waals surface area contributed by atoms with Gasteiger partial charge in [-0.05, 0) is 121 Å². The zero-order chi connectivity index (χ0) is 40.7. The lowest BCUT2D eigenvalue weighted by Crippen LogP contribution is -2.14. The number of aromatic nitrogens is 2. The third-order valence-electron chi connectivity index (χ3n) is 7.90. The molecule has 0 bridgehead atoms. The van der Waals surface area contributed by atoms with Crippen molar-refractivity contribution in [2.24, 2.45) is 20.5 Å². The molecule has 0 saturated heterocycles. The first-order valence-corrected chi connectivity index (χ1v) is 18.5. The van der Waals surface area contributed by atoms with E-state index in [1.54, 1.807) is 146 Å². The van der Waals surface area contributed by atoms with E-state index in [9.17, 15) is 9.59 Å². The first kappa shape index (κ1) is 41.4. The number of hydrogen-bond acceptors (Lipinski definition) is 15. The Morgan fingerprint density at radius 2 is 0.644 bits per heavy atom. The van der Waals surface area contributed by atoms with Gasteiger partial charge in [0, 0.05) is 24.8 Å². The molecule has 0 aliphatic heterocycles. The Balaban J connectivity index is 0.749. The zero-order valence-electron chi connectivity index (χ0n) is 31.9. The van der Waals surface area contributed by atoms with Crippen molar-refractivity contribution in [2.45, 2.75) is 0 Å². The molecule has 4 aromatic carbocycles. The minimum atomic E-state index is -0.490. The fraction of sp³-hybridized carbons (Fsp3) is 0.182. The Kier molecular flexibility index (Phi) is 16.2. The van der Waals surface area contributed by atoms with Gasteiger partial charge in [0.2, 0.25) is 0 Å². The summed E-state index contributed by atoms with van der Waals surface area (Å²) in [4.78, 5) is 33.1. The Labute approximate surface area is 340 Å². The van der Waals surface area contributed by atoms with Crippen LogP contribution in [0.3, 0.4) is 0 Å². The van der Waals surface area contributed by atoms with Crippen molar-refractivity contribution in [1.82, 2.24) is 9.97 Å². The van der Waals surface area contributed by atoms with Crippen LogP contribution < -0.4 is 18.9 Å². The maximum Gasteiger partial charge on any atom is 0.343 e. The lowest BCUT2D eigenvalue weighted by Gasteiger charge is -2.10. The van der Waals surface area contributed by atoms with Crippen LogP contribution in [0.15, 0.2) is 167 Å². The van der Waals surface area contributed by atoms with E-state index in [4.69, 9.17) is 33.2 Å². The Hall–Kier alpha value is -7.20. The van der Waals surface area contributed by atoms with Crippen LogP contribution in [0.4, 0.5) is 22.7 Å². The van der Waals surface area contributed by atoms with Gasteiger partial charge in [-0.15, -0.1) is 0 Å². The highest BCUT2D eigenvalue weighted by molar-refractivity contribution is 5.91. The van der Waals surface area contributed by atoms with E-state index in [2.05, 4.69) is 30.4 Å². The van der Waals surface area contributed by atoms with Crippen LogP contribution >= 0.6 is 0 Å². The first-order chi connectivity index (χ1) is 29.1. The molecular formula is C44H40N6O9. The SMILES string of the molecule is O=C(Oc1ccc(N=Nc2ccncc2)cc1)c1ccc(OCCOCCOCCOCCOc2ccc(C(=O)Oc3ccc(N=Nc4ccncc4)cc3)cc2)cc1. The number of esters is 2. The van der Waals surface area contributed by atoms with Gasteiger partial charge in [0.05, 0.1) is 73.5 Å². The van der Waals surface area contributed by atoms with Gasteiger partial charge in [-0.1, -0.05) is 0 Å². The van der Waals surface area contributed by atoms with E-state index >= 15 is 0 Å². The molecule has 6 aromatic rings. The lowest BCUT2D eigenvalue weighted by atomic mass is 10.2. The number of pyridine rings is 2. The molecule has 300 valence electrons. The van der Waals surface area contributed by atoms with Gasteiger partial charge in [0.1, 0.15) is 36.2 Å². The fourth-order valence-electron chi connectivity index (χ4n) is 4.90. The fourth-order valence-corrected chi connectivity index (χ4v) is 4.90. The maximum absolute atomic E-state index is 12.6. The summed E-state index contributed by atoms with van der Waals surface area (Å²) in [6.45, 7) is 3.05. The minimum absolute atomic E-state index is 0.336. The predicted molar refractivity (Wildman–Crippen MR) is 216 cm³/mol. The van der Waals surface area contributed by atoms with Gasteiger partial charge in [0.25, 0.3) is 0 Å². The van der Waals surface area contributed by atoms with Crippen molar-refractivity contribution in [3.8, 4) is 23.0 Å². The smallest absolute Gasteiger partial charge is 0.343 e. The third-order valence-corrected chi connectivity index (χ3v) is 7.90. The molecule has 0 saturated carbocycles. The molecule has 0 amide bonds. The average Bonchev–Trinajstić information content (AvgIpc) is 3.28. The molecule has 0 radical (unpaired) electrons. The molecule has 0 fully saturated rings. The molecule has 0 atom stereocenters. The molecule has 15 nitrogen and oxygen atoms in total. The van der Waals surface area contributed by atoms with Crippen LogP contribution in [-0.2, 0) is 14.2 Å². The molecule has 0 aliphatic carbocycles. The Morgan fingerprint density at radius 1 is 0.356 bits per heavy atom. The lowest BCUT2D eigenvalue weighted by molar-refractivity contribution is 0.00499. The highest BCUT2D eigenvalue weighted by atomic mass is 16.6. The number of azo groups is 2. The summed E-state index contributed by atoms with van der Waals surface area (Å²) >= 11 is 0. The molecule has 2 aromatic heterocycles. The van der Waals surface area contributed by atoms with Gasteiger partial charge >= 0.3 is 11.9 Å². The molecule has 59 heavy (non-hydrogen) atoms. The second-order valence-corrected chi connectivity index (χ2v) is 12.2. The van der Waals surface area contributed by atoms with Crippen LogP contribution in [0, 0.1) is 0 Å². The summed E-state index contributed by atoms with van der Waals surface area (Å²) in [5, 5.41) is 16.6. The van der Waals surface area contributed by atoms with Crippen LogP contribution in [0.2, 0.25) is 0 Å². The summed E-state index contributed by atoms with van der Waals surface area (Å²) in [6, 6.07) is 33.8. The Morgan fingerprint density at radius 3 is 0.983 bits per heavy atom. The summed E-state index contributed by atoms with van der Waals surface area (Å²) < 4.78 is 39.0. The number of nitrogens with zero attached hydrogens (tertiary/aromatic N) is 6. The number of ether oxygens (including phenoxy) is 7. The quantitative estimate of drug-likeness (QED) is 0.0277. The largest absolute Gasteiger partial charge is 0.491 e. The van der Waals surface area contributed by atoms with Crippen molar-refractivity contribution < 1.29 is 42.7 Å². The number of rotatable bonds is 22. The predicted octanol–water partition coefficient (Wildman–Crippen LogP) is 9.25. The van der Waals surface area contributed by atoms with E-state index < -0.39 is 11.9 Å². The molecule has 6 rings (SSSR count). The van der Waals surface area contributed by atoms with E-state index in [1.165, 1.54) is 0 Å². The normalized spacial score (nSPS) is 11.1. The van der Waals surface area contributed by atoms with E-state index in [0.29, 0.717) is 110 Å². The molecule has 2 heterocycles. The second kappa shape index (κ2) is 23.1. The van der Waals surface area contributed by atoms with Crippen molar-refractivity contribution in [3.05, 3.63) is 157 Å². The molecular weight excluding hydrogens is 757 g/mol. The van der Waals surface area contributed by atoms with Gasteiger partial charge < -0.3 is 33.2 Å². The van der Waals surface area contributed by atoms with Crippen molar-refractivity contribution in [2.75, 3.05) is 52.9 Å². The topological polar surface area (TPSA) is 174 Å².